The van der Waals surface area contributed by atoms with Gasteiger partial charge < -0.3 is 15.4 Å². The van der Waals surface area contributed by atoms with Crippen LogP contribution in [0, 0.1) is 5.92 Å². The van der Waals surface area contributed by atoms with E-state index in [4.69, 9.17) is 16.3 Å². The van der Waals surface area contributed by atoms with Crippen molar-refractivity contribution in [2.45, 2.75) is 12.8 Å². The van der Waals surface area contributed by atoms with E-state index in [0.717, 1.165) is 26.1 Å². The van der Waals surface area contributed by atoms with Crippen molar-refractivity contribution < 1.29 is 9.53 Å². The Morgan fingerprint density at radius 3 is 3.00 bits per heavy atom. The summed E-state index contributed by atoms with van der Waals surface area (Å²) in [6.07, 6.45) is 2.38. The van der Waals surface area contributed by atoms with Gasteiger partial charge in [-0.05, 0) is 57.1 Å². The summed E-state index contributed by atoms with van der Waals surface area (Å²) in [7, 11) is 3.54. The third-order valence-electron chi connectivity index (χ3n) is 3.90. The van der Waals surface area contributed by atoms with Gasteiger partial charge in [0.15, 0.2) is 0 Å². The van der Waals surface area contributed by atoms with Crippen LogP contribution in [0.15, 0.2) is 18.2 Å². The average Bonchev–Trinajstić information content (AvgIpc) is 2.48. The molecular formula is C16H24ClN3O2. The number of nitrogens with zero attached hydrogens (tertiary/aromatic N) is 1. The largest absolute Gasteiger partial charge is 0.495 e. The zero-order valence-electron chi connectivity index (χ0n) is 13.2. The summed E-state index contributed by atoms with van der Waals surface area (Å²) in [6, 6.07) is 5.25. The Bertz CT molecular complexity index is 508. The van der Waals surface area contributed by atoms with E-state index in [1.807, 2.05) is 7.05 Å². The van der Waals surface area contributed by atoms with E-state index in [1.165, 1.54) is 6.42 Å². The molecule has 0 bridgehead atoms. The first kappa shape index (κ1) is 17.1. The third-order valence-corrected chi connectivity index (χ3v) is 4.19. The van der Waals surface area contributed by atoms with Crippen molar-refractivity contribution in [1.82, 2.24) is 10.2 Å². The molecule has 1 aliphatic rings. The molecule has 122 valence electrons. The molecule has 6 heteroatoms. The Morgan fingerprint density at radius 1 is 1.50 bits per heavy atom. The fraction of sp³-hybridized carbons (Fsp3) is 0.562. The minimum atomic E-state index is -0.00802. The molecule has 1 aliphatic heterocycles. The van der Waals surface area contributed by atoms with E-state index < -0.39 is 0 Å². The standard InChI is InChI=1S/C16H24ClN3O2/c1-18-9-12-4-3-7-20(10-12)11-16(21)19-13-5-6-15(22-2)14(17)8-13/h5-6,8,12,18H,3-4,7,9-11H2,1-2H3,(H,19,21). The first-order chi connectivity index (χ1) is 10.6. The SMILES string of the molecule is CNCC1CCCN(CC(=O)Nc2ccc(OC)c(Cl)c2)C1. The van der Waals surface area contributed by atoms with Crippen molar-refractivity contribution in [3.8, 4) is 5.75 Å². The molecule has 1 atom stereocenters. The molecule has 1 heterocycles. The molecule has 1 aromatic rings. The molecule has 0 saturated carbocycles. The van der Waals surface area contributed by atoms with Crippen LogP contribution < -0.4 is 15.4 Å². The molecule has 2 N–H and O–H groups in total. The molecule has 1 fully saturated rings. The second kappa shape index (κ2) is 8.36. The highest BCUT2D eigenvalue weighted by Gasteiger charge is 2.21. The molecule has 0 spiro atoms. The van der Waals surface area contributed by atoms with Crippen molar-refractivity contribution in [2.75, 3.05) is 45.7 Å². The molecule has 2 rings (SSSR count). The van der Waals surface area contributed by atoms with Gasteiger partial charge in [0.1, 0.15) is 5.75 Å². The molecule has 22 heavy (non-hydrogen) atoms. The van der Waals surface area contributed by atoms with Gasteiger partial charge in [-0.3, -0.25) is 9.69 Å². The van der Waals surface area contributed by atoms with Gasteiger partial charge in [-0.25, -0.2) is 0 Å². The van der Waals surface area contributed by atoms with Gasteiger partial charge in [-0.1, -0.05) is 11.6 Å². The Balaban J connectivity index is 1.86. The smallest absolute Gasteiger partial charge is 0.238 e. The molecule has 1 amide bonds. The number of halogens is 1. The summed E-state index contributed by atoms with van der Waals surface area (Å²) in [5.74, 6) is 1.22. The topological polar surface area (TPSA) is 53.6 Å². The second-order valence-corrected chi connectivity index (χ2v) is 6.11. The van der Waals surface area contributed by atoms with Gasteiger partial charge in [-0.2, -0.15) is 0 Å². The minimum Gasteiger partial charge on any atom is -0.495 e. The van der Waals surface area contributed by atoms with Crippen LogP contribution in [0.1, 0.15) is 12.8 Å². The lowest BCUT2D eigenvalue weighted by Crippen LogP contribution is -2.42. The highest BCUT2D eigenvalue weighted by Crippen LogP contribution is 2.27. The molecule has 0 aliphatic carbocycles. The Hall–Kier alpha value is -1.30. The van der Waals surface area contributed by atoms with E-state index >= 15 is 0 Å². The number of anilines is 1. The number of rotatable bonds is 6. The fourth-order valence-corrected chi connectivity index (χ4v) is 3.16. The van der Waals surface area contributed by atoms with Crippen LogP contribution in [0.3, 0.4) is 0 Å². The van der Waals surface area contributed by atoms with Gasteiger partial charge in [0.05, 0.1) is 18.7 Å². The Kier molecular flexibility index (Phi) is 6.49. The summed E-state index contributed by atoms with van der Waals surface area (Å²) in [6.45, 7) is 3.38. The van der Waals surface area contributed by atoms with Crippen LogP contribution in [0.2, 0.25) is 5.02 Å². The fourth-order valence-electron chi connectivity index (χ4n) is 2.90. The van der Waals surface area contributed by atoms with Crippen LogP contribution in [0.25, 0.3) is 0 Å². The zero-order valence-corrected chi connectivity index (χ0v) is 13.9. The number of nitrogens with one attached hydrogen (secondary N) is 2. The van der Waals surface area contributed by atoms with Crippen LogP contribution in [0.4, 0.5) is 5.69 Å². The predicted octanol–water partition coefficient (Wildman–Crippen LogP) is 2.22. The van der Waals surface area contributed by atoms with E-state index in [-0.39, 0.29) is 5.91 Å². The van der Waals surface area contributed by atoms with E-state index in [1.54, 1.807) is 25.3 Å². The number of benzene rings is 1. The Morgan fingerprint density at radius 2 is 2.32 bits per heavy atom. The number of methoxy groups -OCH3 is 1. The number of carbonyl (C=O) groups excluding carboxylic acids is 1. The number of hydrogen-bond donors (Lipinski definition) is 2. The van der Waals surface area contributed by atoms with E-state index in [0.29, 0.717) is 28.9 Å². The highest BCUT2D eigenvalue weighted by atomic mass is 35.5. The highest BCUT2D eigenvalue weighted by molar-refractivity contribution is 6.32. The van der Waals surface area contributed by atoms with Crippen LogP contribution >= 0.6 is 11.6 Å². The number of likely N-dealkylation sites (tertiary alicyclic amines) is 1. The number of amides is 1. The summed E-state index contributed by atoms with van der Waals surface area (Å²) < 4.78 is 5.10. The van der Waals surface area contributed by atoms with Gasteiger partial charge in [0.2, 0.25) is 5.91 Å². The number of ether oxygens (including phenoxy) is 1. The number of carbonyl (C=O) groups is 1. The Labute approximate surface area is 137 Å². The summed E-state index contributed by atoms with van der Waals surface area (Å²) in [5.41, 5.74) is 0.694. The molecule has 1 unspecified atom stereocenters. The van der Waals surface area contributed by atoms with Gasteiger partial charge in [0.25, 0.3) is 0 Å². The average molecular weight is 326 g/mol. The lowest BCUT2D eigenvalue weighted by atomic mass is 9.98. The monoisotopic (exact) mass is 325 g/mol. The summed E-state index contributed by atoms with van der Waals surface area (Å²) in [5, 5.41) is 6.60. The molecular weight excluding hydrogens is 302 g/mol. The number of hydrogen-bond acceptors (Lipinski definition) is 4. The van der Waals surface area contributed by atoms with Crippen molar-refractivity contribution in [3.63, 3.8) is 0 Å². The molecule has 1 saturated heterocycles. The first-order valence-electron chi connectivity index (χ1n) is 7.62. The maximum absolute atomic E-state index is 12.2. The van der Waals surface area contributed by atoms with Crippen molar-refractivity contribution in [1.29, 1.82) is 0 Å². The summed E-state index contributed by atoms with van der Waals surface area (Å²) in [4.78, 5) is 14.4. The molecule has 0 aromatic heterocycles. The maximum Gasteiger partial charge on any atom is 0.238 e. The van der Waals surface area contributed by atoms with Crippen molar-refractivity contribution >= 4 is 23.2 Å². The molecule has 1 aromatic carbocycles. The number of piperidine rings is 1. The van der Waals surface area contributed by atoms with Gasteiger partial charge >= 0.3 is 0 Å². The van der Waals surface area contributed by atoms with Gasteiger partial charge in [-0.15, -0.1) is 0 Å². The first-order valence-corrected chi connectivity index (χ1v) is 8.00. The molecule has 5 nitrogen and oxygen atoms in total. The minimum absolute atomic E-state index is 0.00802. The van der Waals surface area contributed by atoms with Crippen LogP contribution in [-0.4, -0.2) is 51.1 Å². The third kappa shape index (κ3) is 4.87. The maximum atomic E-state index is 12.2. The van der Waals surface area contributed by atoms with Crippen molar-refractivity contribution in [2.24, 2.45) is 5.92 Å². The van der Waals surface area contributed by atoms with E-state index in [9.17, 15) is 4.79 Å². The quantitative estimate of drug-likeness (QED) is 0.842. The molecule has 0 radical (unpaired) electrons. The predicted molar refractivity (Wildman–Crippen MR) is 89.7 cm³/mol. The van der Waals surface area contributed by atoms with E-state index in [2.05, 4.69) is 15.5 Å². The van der Waals surface area contributed by atoms with Crippen LogP contribution in [0.5, 0.6) is 5.75 Å². The lowest BCUT2D eigenvalue weighted by Gasteiger charge is -2.32. The van der Waals surface area contributed by atoms with Crippen molar-refractivity contribution in [3.05, 3.63) is 23.2 Å². The normalized spacial score (nSPS) is 19.0. The second-order valence-electron chi connectivity index (χ2n) is 5.70. The zero-order chi connectivity index (χ0) is 15.9. The lowest BCUT2D eigenvalue weighted by molar-refractivity contribution is -0.117. The summed E-state index contributed by atoms with van der Waals surface area (Å²) >= 11 is 6.07. The van der Waals surface area contributed by atoms with Crippen LogP contribution in [-0.2, 0) is 4.79 Å². The van der Waals surface area contributed by atoms with Gasteiger partial charge in [0, 0.05) is 12.2 Å².